The van der Waals surface area contributed by atoms with Crippen LogP contribution in [0.5, 0.6) is 0 Å². The van der Waals surface area contributed by atoms with E-state index >= 15 is 0 Å². The molecular formula is C10H17BrCl3FeN2. The molecule has 0 radical (unpaired) electrons. The molecule has 0 saturated carbocycles. The Morgan fingerprint density at radius 1 is 1.35 bits per heavy atom. The zero-order valence-corrected chi connectivity index (χ0v) is 14.6. The van der Waals surface area contributed by atoms with E-state index in [2.05, 4.69) is 30.6 Å². The third-order valence-electron chi connectivity index (χ3n) is 1.94. The Kier molecular flexibility index (Phi) is 15.7. The van der Waals surface area contributed by atoms with Crippen molar-refractivity contribution in [3.8, 4) is 0 Å². The first-order valence-corrected chi connectivity index (χ1v) is 9.51. The summed E-state index contributed by atoms with van der Waals surface area (Å²) in [7, 11) is 14.7. The molecule has 0 bridgehead atoms. The van der Waals surface area contributed by atoms with Crippen LogP contribution in [0.2, 0.25) is 0 Å². The van der Waals surface area contributed by atoms with Gasteiger partial charge in [0, 0.05) is 0 Å². The minimum absolute atomic E-state index is 0. The van der Waals surface area contributed by atoms with Crippen LogP contribution in [-0.2, 0) is 17.7 Å². The molecule has 0 fully saturated rings. The van der Waals surface area contributed by atoms with E-state index < -0.39 is 11.2 Å². The van der Waals surface area contributed by atoms with E-state index in [0.717, 1.165) is 6.54 Å². The molecule has 17 heavy (non-hydrogen) atoms. The molecule has 0 unspecified atom stereocenters. The number of hydrogen-bond acceptors (Lipinski definition) is 0. The SMILES string of the molecule is C=Cn1cc[n+](CCCCC)c1.[Br-].[Cl][Fe]([Cl])[Cl]. The van der Waals surface area contributed by atoms with E-state index in [4.69, 9.17) is 30.3 Å². The third-order valence-corrected chi connectivity index (χ3v) is 1.94. The van der Waals surface area contributed by atoms with Gasteiger partial charge in [-0.05, 0) is 12.8 Å². The molecule has 1 aromatic rings. The van der Waals surface area contributed by atoms with Crippen LogP contribution in [0.25, 0.3) is 6.20 Å². The first kappa shape index (κ1) is 20.1. The van der Waals surface area contributed by atoms with Gasteiger partial charge >= 0.3 is 41.5 Å². The molecule has 0 aliphatic heterocycles. The molecule has 1 aromatic heterocycles. The van der Waals surface area contributed by atoms with Gasteiger partial charge in [0.05, 0.1) is 12.7 Å². The summed E-state index contributed by atoms with van der Waals surface area (Å²) < 4.78 is 4.16. The number of aromatic nitrogens is 2. The Labute approximate surface area is 131 Å². The molecule has 0 aliphatic carbocycles. The van der Waals surface area contributed by atoms with Crippen molar-refractivity contribution in [2.75, 3.05) is 0 Å². The Bertz CT molecular complexity index is 292. The normalized spacial score (nSPS) is 9.76. The van der Waals surface area contributed by atoms with Gasteiger partial charge in [-0.3, -0.25) is 0 Å². The molecule has 0 spiro atoms. The van der Waals surface area contributed by atoms with Gasteiger partial charge in [-0.2, -0.15) is 0 Å². The van der Waals surface area contributed by atoms with Crippen molar-refractivity contribution in [1.29, 1.82) is 0 Å². The maximum absolute atomic E-state index is 4.89. The maximum atomic E-state index is 4.89. The first-order valence-electron chi connectivity index (χ1n) is 4.96. The van der Waals surface area contributed by atoms with Gasteiger partial charge in [-0.1, -0.05) is 19.9 Å². The summed E-state index contributed by atoms with van der Waals surface area (Å²) >= 11 is -1.33. The second-order valence-electron chi connectivity index (χ2n) is 3.14. The van der Waals surface area contributed by atoms with Crippen LogP contribution in [0.1, 0.15) is 26.2 Å². The standard InChI is InChI=1S/C10H17N2.BrH.3ClH.Fe/c1-3-5-6-7-12-9-8-11(4-2)10-12;;;;;/h4,8-10H,2-3,5-7H2,1H3;4*1H;/q+1;;;;;+3/p-4. The van der Waals surface area contributed by atoms with E-state index in [0.29, 0.717) is 0 Å². The Hall–Kier alpha value is 0.819. The van der Waals surface area contributed by atoms with Crippen LogP contribution < -0.4 is 21.5 Å². The predicted octanol–water partition coefficient (Wildman–Crippen LogP) is 1.14. The average molecular weight is 407 g/mol. The van der Waals surface area contributed by atoms with Crippen LogP contribution in [0.3, 0.4) is 0 Å². The summed E-state index contributed by atoms with van der Waals surface area (Å²) in [4.78, 5) is 0. The minimum atomic E-state index is -1.33. The van der Waals surface area contributed by atoms with E-state index in [-0.39, 0.29) is 17.0 Å². The van der Waals surface area contributed by atoms with E-state index in [9.17, 15) is 0 Å². The second kappa shape index (κ2) is 13.3. The van der Waals surface area contributed by atoms with Crippen LogP contribution in [0.15, 0.2) is 25.3 Å². The van der Waals surface area contributed by atoms with Crippen LogP contribution in [0.4, 0.5) is 0 Å². The number of unbranched alkanes of at least 4 members (excludes halogenated alkanes) is 2. The Morgan fingerprint density at radius 2 is 1.94 bits per heavy atom. The van der Waals surface area contributed by atoms with Crippen molar-refractivity contribution in [1.82, 2.24) is 4.57 Å². The molecule has 0 atom stereocenters. The number of rotatable bonds is 5. The number of imidazole rings is 1. The number of nitrogens with zero attached hydrogens (tertiary/aromatic N) is 2. The van der Waals surface area contributed by atoms with Gasteiger partial charge in [0.15, 0.2) is 0 Å². The fourth-order valence-electron chi connectivity index (χ4n) is 1.20. The van der Waals surface area contributed by atoms with Gasteiger partial charge in [0.2, 0.25) is 6.33 Å². The third kappa shape index (κ3) is 13.1. The predicted molar refractivity (Wildman–Crippen MR) is 68.1 cm³/mol. The van der Waals surface area contributed by atoms with Crippen molar-refractivity contribution in [2.45, 2.75) is 32.7 Å². The fraction of sp³-hybridized carbons (Fsp3) is 0.500. The van der Waals surface area contributed by atoms with Gasteiger partial charge in [-0.25, -0.2) is 9.13 Å². The van der Waals surface area contributed by atoms with E-state index in [1.807, 2.05) is 10.8 Å². The molecule has 1 heterocycles. The van der Waals surface area contributed by atoms with Crippen molar-refractivity contribution < 1.29 is 32.7 Å². The second-order valence-corrected chi connectivity index (χ2v) is 8.61. The molecule has 2 nitrogen and oxygen atoms in total. The molecule has 0 saturated heterocycles. The van der Waals surface area contributed by atoms with Gasteiger partial charge in [-0.15, -0.1) is 0 Å². The molecular weight excluding hydrogens is 390 g/mol. The zero-order chi connectivity index (χ0) is 12.4. The summed E-state index contributed by atoms with van der Waals surface area (Å²) in [6.45, 7) is 7.03. The van der Waals surface area contributed by atoms with Gasteiger partial charge < -0.3 is 17.0 Å². The van der Waals surface area contributed by atoms with E-state index in [1.165, 1.54) is 19.3 Å². The van der Waals surface area contributed by atoms with Crippen molar-refractivity contribution in [3.63, 3.8) is 0 Å². The van der Waals surface area contributed by atoms with Gasteiger partial charge in [0.25, 0.3) is 0 Å². The number of hydrogen-bond donors (Lipinski definition) is 0. The van der Waals surface area contributed by atoms with Crippen LogP contribution >= 0.6 is 30.3 Å². The molecule has 0 N–H and O–H groups in total. The summed E-state index contributed by atoms with van der Waals surface area (Å²) in [5, 5.41) is 0. The summed E-state index contributed by atoms with van der Waals surface area (Å²) in [5.41, 5.74) is 0. The monoisotopic (exact) mass is 405 g/mol. The Balaban J connectivity index is 0. The molecule has 1 rings (SSSR count). The van der Waals surface area contributed by atoms with Crippen molar-refractivity contribution >= 4 is 36.5 Å². The molecule has 103 valence electrons. The zero-order valence-electron chi connectivity index (χ0n) is 9.60. The Morgan fingerprint density at radius 3 is 2.35 bits per heavy atom. The topological polar surface area (TPSA) is 8.81 Å². The summed E-state index contributed by atoms with van der Waals surface area (Å²) in [5.74, 6) is 0. The van der Waals surface area contributed by atoms with E-state index in [1.54, 1.807) is 6.20 Å². The molecule has 0 amide bonds. The first-order chi connectivity index (χ1) is 7.60. The summed E-state index contributed by atoms with van der Waals surface area (Å²) in [6, 6.07) is 0. The fourth-order valence-corrected chi connectivity index (χ4v) is 1.20. The van der Waals surface area contributed by atoms with Crippen LogP contribution in [-0.4, -0.2) is 4.57 Å². The van der Waals surface area contributed by atoms with Gasteiger partial charge in [0.1, 0.15) is 12.4 Å². The number of aryl methyl sites for hydroxylation is 1. The average Bonchev–Trinajstić information content (AvgIpc) is 2.65. The van der Waals surface area contributed by atoms with Crippen molar-refractivity contribution in [2.24, 2.45) is 0 Å². The molecule has 0 aliphatic rings. The quantitative estimate of drug-likeness (QED) is 0.393. The number of halogens is 4. The molecule has 7 heteroatoms. The molecule has 0 aromatic carbocycles. The van der Waals surface area contributed by atoms with Crippen molar-refractivity contribution in [3.05, 3.63) is 25.3 Å². The van der Waals surface area contributed by atoms with Crippen LogP contribution in [0, 0.1) is 0 Å². The summed E-state index contributed by atoms with van der Waals surface area (Å²) in [6.07, 6.45) is 11.8.